The summed E-state index contributed by atoms with van der Waals surface area (Å²) in [5.74, 6) is 0. The summed E-state index contributed by atoms with van der Waals surface area (Å²) >= 11 is 0. The zero-order chi connectivity index (χ0) is 10.3. The average molecular weight is 202 g/mol. The molecule has 0 radical (unpaired) electrons. The quantitative estimate of drug-likeness (QED) is 0.824. The maximum absolute atomic E-state index is 9.77. The largest absolute Gasteiger partial charge is 0.390 e. The molecule has 3 rings (SSSR count). The van der Waals surface area contributed by atoms with Gasteiger partial charge in [-0.1, -0.05) is 6.07 Å². The average Bonchev–Trinajstić information content (AvgIpc) is 2.86. The lowest BCUT2D eigenvalue weighted by atomic mass is 10.1. The van der Waals surface area contributed by atoms with E-state index < -0.39 is 0 Å². The fourth-order valence-corrected chi connectivity index (χ4v) is 1.93. The Kier molecular flexibility index (Phi) is 1.83. The molecule has 0 aliphatic heterocycles. The number of hydrogen-bond donors (Lipinski definition) is 1. The van der Waals surface area contributed by atoms with Crippen molar-refractivity contribution in [3.8, 4) is 0 Å². The first-order chi connectivity index (χ1) is 7.27. The first kappa shape index (κ1) is 8.92. The molecule has 1 aliphatic carbocycles. The predicted molar refractivity (Wildman–Crippen MR) is 57.7 cm³/mol. The van der Waals surface area contributed by atoms with Gasteiger partial charge in [-0.3, -0.25) is 0 Å². The van der Waals surface area contributed by atoms with Crippen LogP contribution in [0.5, 0.6) is 0 Å². The summed E-state index contributed by atoms with van der Waals surface area (Å²) in [6.07, 6.45) is 7.61. The van der Waals surface area contributed by atoms with Crippen LogP contribution in [0, 0.1) is 0 Å². The van der Waals surface area contributed by atoms with E-state index in [-0.39, 0.29) is 5.60 Å². The van der Waals surface area contributed by atoms with Crippen molar-refractivity contribution < 1.29 is 5.11 Å². The molecule has 0 unspecified atom stereocenters. The van der Waals surface area contributed by atoms with Crippen molar-refractivity contribution >= 4 is 5.65 Å². The fraction of sp³-hybridized carbons (Fsp3) is 0.417. The highest BCUT2D eigenvalue weighted by Gasteiger charge is 2.39. The Labute approximate surface area is 88.4 Å². The van der Waals surface area contributed by atoms with Gasteiger partial charge in [0.1, 0.15) is 5.65 Å². The van der Waals surface area contributed by atoms with Crippen molar-refractivity contribution in [2.24, 2.45) is 0 Å². The minimum Gasteiger partial charge on any atom is -0.390 e. The monoisotopic (exact) mass is 202 g/mol. The van der Waals surface area contributed by atoms with Gasteiger partial charge in [0, 0.05) is 18.1 Å². The van der Waals surface area contributed by atoms with Crippen LogP contribution in [0.15, 0.2) is 30.6 Å². The zero-order valence-electron chi connectivity index (χ0n) is 8.56. The summed E-state index contributed by atoms with van der Waals surface area (Å²) in [5, 5.41) is 9.77. The molecule has 1 saturated carbocycles. The van der Waals surface area contributed by atoms with Crippen LogP contribution in [0.4, 0.5) is 0 Å². The van der Waals surface area contributed by atoms with Crippen LogP contribution in [-0.2, 0) is 6.42 Å². The predicted octanol–water partition coefficient (Wildman–Crippen LogP) is 1.79. The molecule has 0 amide bonds. The Morgan fingerprint density at radius 3 is 3.07 bits per heavy atom. The summed E-state index contributed by atoms with van der Waals surface area (Å²) < 4.78 is 2.09. The number of pyridine rings is 1. The standard InChI is InChI=1S/C12H14N2O/c15-12(6-7-12)5-4-10-9-13-11-3-1-2-8-14(10)11/h1-3,8-9,15H,4-7H2. The first-order valence-electron chi connectivity index (χ1n) is 5.40. The van der Waals surface area contributed by atoms with Crippen LogP contribution in [0.3, 0.4) is 0 Å². The lowest BCUT2D eigenvalue weighted by molar-refractivity contribution is 0.140. The topological polar surface area (TPSA) is 37.5 Å². The van der Waals surface area contributed by atoms with Gasteiger partial charge in [0.15, 0.2) is 0 Å². The molecular formula is C12H14N2O. The molecule has 1 aliphatic rings. The summed E-state index contributed by atoms with van der Waals surface area (Å²) in [5.41, 5.74) is 1.81. The van der Waals surface area contributed by atoms with Gasteiger partial charge in [-0.15, -0.1) is 0 Å². The van der Waals surface area contributed by atoms with Gasteiger partial charge in [0.2, 0.25) is 0 Å². The summed E-state index contributed by atoms with van der Waals surface area (Å²) in [4.78, 5) is 4.32. The van der Waals surface area contributed by atoms with Gasteiger partial charge in [-0.2, -0.15) is 0 Å². The summed E-state index contributed by atoms with van der Waals surface area (Å²) in [6.45, 7) is 0. The maximum atomic E-state index is 9.77. The SMILES string of the molecule is OC1(CCc2cnc3ccccn23)CC1. The number of aliphatic hydroxyl groups is 1. The van der Waals surface area contributed by atoms with E-state index in [2.05, 4.69) is 9.38 Å². The Balaban J connectivity index is 1.84. The third-order valence-electron chi connectivity index (χ3n) is 3.17. The minimum atomic E-state index is -0.362. The number of nitrogens with zero attached hydrogens (tertiary/aromatic N) is 2. The molecule has 15 heavy (non-hydrogen) atoms. The minimum absolute atomic E-state index is 0.362. The van der Waals surface area contributed by atoms with Gasteiger partial charge in [0.05, 0.1) is 5.60 Å². The number of rotatable bonds is 3. The number of aromatic nitrogens is 2. The Morgan fingerprint density at radius 2 is 2.27 bits per heavy atom. The van der Waals surface area contributed by atoms with Crippen molar-refractivity contribution in [3.05, 3.63) is 36.3 Å². The van der Waals surface area contributed by atoms with Crippen LogP contribution in [-0.4, -0.2) is 20.1 Å². The van der Waals surface area contributed by atoms with Gasteiger partial charge < -0.3 is 9.51 Å². The van der Waals surface area contributed by atoms with Crippen LogP contribution >= 0.6 is 0 Å². The Morgan fingerprint density at radius 1 is 1.40 bits per heavy atom. The molecule has 3 heteroatoms. The smallest absolute Gasteiger partial charge is 0.136 e. The Bertz CT molecular complexity index is 485. The fourth-order valence-electron chi connectivity index (χ4n) is 1.93. The zero-order valence-corrected chi connectivity index (χ0v) is 8.56. The van der Waals surface area contributed by atoms with E-state index in [1.165, 1.54) is 5.69 Å². The van der Waals surface area contributed by atoms with Crippen molar-refractivity contribution in [3.63, 3.8) is 0 Å². The molecule has 3 nitrogen and oxygen atoms in total. The molecule has 1 N–H and O–H groups in total. The Hall–Kier alpha value is -1.35. The number of imidazole rings is 1. The molecule has 78 valence electrons. The van der Waals surface area contributed by atoms with E-state index in [9.17, 15) is 5.11 Å². The third kappa shape index (κ3) is 1.63. The number of aryl methyl sites for hydroxylation is 1. The van der Waals surface area contributed by atoms with Gasteiger partial charge in [0.25, 0.3) is 0 Å². The van der Waals surface area contributed by atoms with E-state index >= 15 is 0 Å². The summed E-state index contributed by atoms with van der Waals surface area (Å²) in [7, 11) is 0. The van der Waals surface area contributed by atoms with Crippen molar-refractivity contribution in [1.29, 1.82) is 0 Å². The molecule has 1 fully saturated rings. The van der Waals surface area contributed by atoms with Gasteiger partial charge in [-0.05, 0) is 37.8 Å². The molecule has 2 heterocycles. The normalized spacial score (nSPS) is 18.2. The maximum Gasteiger partial charge on any atom is 0.136 e. The van der Waals surface area contributed by atoms with Crippen LogP contribution in [0.25, 0.3) is 5.65 Å². The molecule has 2 aromatic rings. The number of fused-ring (bicyclic) bond motifs is 1. The lowest BCUT2D eigenvalue weighted by Gasteiger charge is -2.06. The highest BCUT2D eigenvalue weighted by atomic mass is 16.3. The molecule has 0 saturated heterocycles. The molecule has 0 aromatic carbocycles. The van der Waals surface area contributed by atoms with Crippen molar-refractivity contribution in [1.82, 2.24) is 9.38 Å². The highest BCUT2D eigenvalue weighted by Crippen LogP contribution is 2.39. The molecule has 2 aromatic heterocycles. The third-order valence-corrected chi connectivity index (χ3v) is 3.17. The first-order valence-corrected chi connectivity index (χ1v) is 5.40. The molecule has 0 bridgehead atoms. The number of hydrogen-bond acceptors (Lipinski definition) is 2. The van der Waals surface area contributed by atoms with Gasteiger partial charge in [-0.25, -0.2) is 4.98 Å². The van der Waals surface area contributed by atoms with E-state index in [4.69, 9.17) is 0 Å². The van der Waals surface area contributed by atoms with Crippen LogP contribution in [0.2, 0.25) is 0 Å². The van der Waals surface area contributed by atoms with E-state index in [0.717, 1.165) is 31.3 Å². The molecular weight excluding hydrogens is 188 g/mol. The van der Waals surface area contributed by atoms with Crippen molar-refractivity contribution in [2.75, 3.05) is 0 Å². The van der Waals surface area contributed by atoms with E-state index in [0.29, 0.717) is 0 Å². The van der Waals surface area contributed by atoms with Gasteiger partial charge >= 0.3 is 0 Å². The second kappa shape index (κ2) is 3.07. The molecule has 0 spiro atoms. The van der Waals surface area contributed by atoms with Crippen molar-refractivity contribution in [2.45, 2.75) is 31.3 Å². The van der Waals surface area contributed by atoms with Crippen LogP contribution in [0.1, 0.15) is 25.0 Å². The van der Waals surface area contributed by atoms with Crippen LogP contribution < -0.4 is 0 Å². The second-order valence-electron chi connectivity index (χ2n) is 4.40. The lowest BCUT2D eigenvalue weighted by Crippen LogP contribution is -2.08. The van der Waals surface area contributed by atoms with E-state index in [1.54, 1.807) is 0 Å². The highest BCUT2D eigenvalue weighted by molar-refractivity contribution is 5.39. The second-order valence-corrected chi connectivity index (χ2v) is 4.40. The van der Waals surface area contributed by atoms with E-state index in [1.807, 2.05) is 30.6 Å². The molecule has 0 atom stereocenters. The summed E-state index contributed by atoms with van der Waals surface area (Å²) in [6, 6.07) is 5.99.